The van der Waals surface area contributed by atoms with Crippen LogP contribution in [0.1, 0.15) is 16.2 Å². The van der Waals surface area contributed by atoms with E-state index in [-0.39, 0.29) is 10.6 Å². The number of aromatic carboxylic acids is 1. The van der Waals surface area contributed by atoms with Crippen LogP contribution in [0.3, 0.4) is 0 Å². The largest absolute Gasteiger partial charge is 0.475 e. The second-order valence-corrected chi connectivity index (χ2v) is 2.36. The van der Waals surface area contributed by atoms with Crippen molar-refractivity contribution in [2.24, 2.45) is 0 Å². The molecule has 0 aliphatic heterocycles. The maximum Gasteiger partial charge on any atom is 0.373 e. The van der Waals surface area contributed by atoms with Gasteiger partial charge in [0.2, 0.25) is 5.76 Å². The zero-order chi connectivity index (χ0) is 7.72. The first kappa shape index (κ1) is 7.27. The Morgan fingerprint density at radius 1 is 1.80 bits per heavy atom. The summed E-state index contributed by atoms with van der Waals surface area (Å²) in [5, 5.41) is 8.42. The van der Waals surface area contributed by atoms with Gasteiger partial charge in [0, 0.05) is 15.9 Å². The van der Waals surface area contributed by atoms with Crippen molar-refractivity contribution in [3.63, 3.8) is 0 Å². The number of oxazole rings is 1. The Balaban J connectivity index is 3.15. The van der Waals surface area contributed by atoms with Crippen molar-refractivity contribution in [3.05, 3.63) is 16.3 Å². The molecule has 5 heteroatoms. The van der Waals surface area contributed by atoms with Crippen molar-refractivity contribution >= 4 is 21.9 Å². The monoisotopic (exact) mass is 205 g/mol. The normalized spacial score (nSPS) is 9.80. The number of halogens is 1. The Morgan fingerprint density at radius 2 is 2.40 bits per heavy atom. The van der Waals surface area contributed by atoms with E-state index in [2.05, 4.69) is 25.3 Å². The highest BCUT2D eigenvalue weighted by atomic mass is 79.9. The Hall–Kier alpha value is -0.840. The van der Waals surface area contributed by atoms with Crippen molar-refractivity contribution in [3.8, 4) is 0 Å². The molecule has 0 aliphatic carbocycles. The molecule has 0 aliphatic rings. The van der Waals surface area contributed by atoms with E-state index >= 15 is 0 Å². The predicted molar refractivity (Wildman–Crippen MR) is 35.9 cm³/mol. The fourth-order valence-corrected chi connectivity index (χ4v) is 0.990. The van der Waals surface area contributed by atoms with Gasteiger partial charge in [0.05, 0.1) is 5.69 Å². The van der Waals surface area contributed by atoms with Gasteiger partial charge in [-0.3, -0.25) is 0 Å². The highest BCUT2D eigenvalue weighted by molar-refractivity contribution is 9.10. The van der Waals surface area contributed by atoms with Crippen LogP contribution >= 0.6 is 15.9 Å². The number of rotatable bonds is 1. The highest BCUT2D eigenvalue weighted by Crippen LogP contribution is 2.14. The third kappa shape index (κ3) is 1.18. The van der Waals surface area contributed by atoms with Gasteiger partial charge in [-0.25, -0.2) is 9.78 Å². The van der Waals surface area contributed by atoms with Gasteiger partial charge in [-0.1, -0.05) is 0 Å². The van der Waals surface area contributed by atoms with Crippen LogP contribution in [0.15, 0.2) is 9.22 Å². The number of carboxylic acids is 1. The zero-order valence-electron chi connectivity index (χ0n) is 5.09. The average molecular weight is 206 g/mol. The molecule has 0 saturated carbocycles. The topological polar surface area (TPSA) is 63.3 Å². The number of aromatic nitrogens is 1. The number of hydrogen-bond donors (Lipinski definition) is 1. The van der Waals surface area contributed by atoms with Crippen LogP contribution < -0.4 is 0 Å². The number of hydrogen-bond acceptors (Lipinski definition) is 3. The molecular weight excluding hydrogens is 202 g/mol. The zero-order valence-corrected chi connectivity index (χ0v) is 6.67. The minimum absolute atomic E-state index is 0.119. The lowest BCUT2D eigenvalue weighted by molar-refractivity contribution is 0.0660. The number of aryl methyl sites for hydroxylation is 1. The molecule has 0 radical (unpaired) electrons. The summed E-state index contributed by atoms with van der Waals surface area (Å²) in [6, 6.07) is 0. The van der Waals surface area contributed by atoms with E-state index in [1.807, 2.05) is 0 Å². The van der Waals surface area contributed by atoms with Crippen molar-refractivity contribution in [2.75, 3.05) is 0 Å². The summed E-state index contributed by atoms with van der Waals surface area (Å²) in [4.78, 5) is 14.2. The molecule has 0 amide bonds. The molecule has 0 fully saturated rings. The molecule has 54 valence electrons. The number of carbonyl (C=O) groups is 1. The summed E-state index contributed by atoms with van der Waals surface area (Å²) < 4.78 is 4.68. The summed E-state index contributed by atoms with van der Waals surface area (Å²) in [7, 11) is 0. The summed E-state index contributed by atoms with van der Waals surface area (Å²) >= 11 is 2.91. The van der Waals surface area contributed by atoms with Crippen LogP contribution in [0.25, 0.3) is 0 Å². The minimum atomic E-state index is -1.10. The van der Waals surface area contributed by atoms with Crippen LogP contribution in [-0.4, -0.2) is 16.1 Å². The lowest BCUT2D eigenvalue weighted by atomic mass is 10.4. The standard InChI is InChI=1S/C5H4BrNO3/c1-2-3(4(8)9)10-5(6)7-2/h1H3,(H,8,9). The quantitative estimate of drug-likeness (QED) is 0.754. The van der Waals surface area contributed by atoms with Gasteiger partial charge in [0.25, 0.3) is 4.80 Å². The van der Waals surface area contributed by atoms with Crippen LogP contribution in [0, 0.1) is 6.92 Å². The number of nitrogens with zero attached hydrogens (tertiary/aromatic N) is 1. The SMILES string of the molecule is Cc1nc(Br)oc1C(=O)O. The van der Waals surface area contributed by atoms with Crippen LogP contribution in [-0.2, 0) is 0 Å². The molecule has 0 bridgehead atoms. The molecule has 0 unspecified atom stereocenters. The van der Waals surface area contributed by atoms with Crippen molar-refractivity contribution < 1.29 is 14.3 Å². The van der Waals surface area contributed by atoms with Gasteiger partial charge in [0.15, 0.2) is 0 Å². The Kier molecular flexibility index (Phi) is 1.76. The van der Waals surface area contributed by atoms with Crippen LogP contribution in [0.5, 0.6) is 0 Å². The van der Waals surface area contributed by atoms with Crippen molar-refractivity contribution in [1.29, 1.82) is 0 Å². The van der Waals surface area contributed by atoms with E-state index in [9.17, 15) is 4.79 Å². The van der Waals surface area contributed by atoms with E-state index in [0.717, 1.165) is 0 Å². The second-order valence-electron chi connectivity index (χ2n) is 1.69. The van der Waals surface area contributed by atoms with Gasteiger partial charge < -0.3 is 9.52 Å². The van der Waals surface area contributed by atoms with Gasteiger partial charge in [-0.15, -0.1) is 0 Å². The smallest absolute Gasteiger partial charge is 0.373 e. The first-order chi connectivity index (χ1) is 4.61. The van der Waals surface area contributed by atoms with E-state index in [0.29, 0.717) is 5.69 Å². The summed E-state index contributed by atoms with van der Waals surface area (Å²) in [5.74, 6) is -1.22. The highest BCUT2D eigenvalue weighted by Gasteiger charge is 2.13. The van der Waals surface area contributed by atoms with Crippen LogP contribution in [0.4, 0.5) is 0 Å². The van der Waals surface area contributed by atoms with Gasteiger partial charge >= 0.3 is 5.97 Å². The Labute approximate surface area is 65.0 Å². The fourth-order valence-electron chi connectivity index (χ4n) is 0.562. The lowest BCUT2D eigenvalue weighted by Gasteiger charge is -1.83. The second kappa shape index (κ2) is 2.42. The minimum Gasteiger partial charge on any atom is -0.475 e. The van der Waals surface area contributed by atoms with Crippen molar-refractivity contribution in [1.82, 2.24) is 4.98 Å². The number of carboxylic acid groups (broad SMARTS) is 1. The molecule has 1 aromatic heterocycles. The summed E-state index contributed by atoms with van der Waals surface area (Å²) in [6.45, 7) is 1.57. The average Bonchev–Trinajstić information content (AvgIpc) is 2.10. The van der Waals surface area contributed by atoms with Crippen molar-refractivity contribution in [2.45, 2.75) is 6.92 Å². The summed E-state index contributed by atoms with van der Waals surface area (Å²) in [6.07, 6.45) is 0. The third-order valence-corrected chi connectivity index (χ3v) is 1.30. The molecule has 0 saturated heterocycles. The lowest BCUT2D eigenvalue weighted by Crippen LogP contribution is -1.95. The van der Waals surface area contributed by atoms with E-state index in [4.69, 9.17) is 5.11 Å². The molecule has 0 spiro atoms. The molecule has 1 heterocycles. The molecule has 1 N–H and O–H groups in total. The molecule has 0 atom stereocenters. The van der Waals surface area contributed by atoms with Gasteiger partial charge in [0.1, 0.15) is 0 Å². The maximum absolute atomic E-state index is 10.3. The van der Waals surface area contributed by atoms with Gasteiger partial charge in [-0.2, -0.15) is 0 Å². The van der Waals surface area contributed by atoms with E-state index in [1.54, 1.807) is 6.92 Å². The Bertz CT molecular complexity index is 268. The first-order valence-corrected chi connectivity index (χ1v) is 3.27. The first-order valence-electron chi connectivity index (χ1n) is 2.47. The van der Waals surface area contributed by atoms with Gasteiger partial charge in [-0.05, 0) is 6.92 Å². The molecule has 4 nitrogen and oxygen atoms in total. The summed E-state index contributed by atoms with van der Waals surface area (Å²) in [5.41, 5.74) is 0.374. The Morgan fingerprint density at radius 3 is 2.60 bits per heavy atom. The van der Waals surface area contributed by atoms with E-state index < -0.39 is 5.97 Å². The predicted octanol–water partition coefficient (Wildman–Crippen LogP) is 1.44. The maximum atomic E-state index is 10.3. The molecule has 0 aromatic carbocycles. The van der Waals surface area contributed by atoms with E-state index in [1.165, 1.54) is 0 Å². The van der Waals surface area contributed by atoms with Crippen LogP contribution in [0.2, 0.25) is 0 Å². The third-order valence-electron chi connectivity index (χ3n) is 0.965. The molecular formula is C5H4BrNO3. The molecule has 1 aromatic rings. The fraction of sp³-hybridized carbons (Fsp3) is 0.200. The molecule has 1 rings (SSSR count). The molecule has 10 heavy (non-hydrogen) atoms.